The van der Waals surface area contributed by atoms with Gasteiger partial charge in [0.15, 0.2) is 0 Å². The number of carboxylic acid groups (broad SMARTS) is 1. The van der Waals surface area contributed by atoms with E-state index in [1.807, 2.05) is 0 Å². The number of nitrogens with zero attached hydrogens (tertiary/aromatic N) is 1. The quantitative estimate of drug-likeness (QED) is 0.463. The molecule has 1 N–H and O–H groups in total. The lowest BCUT2D eigenvalue weighted by molar-refractivity contribution is -0.131. The molecule has 0 aliphatic rings. The van der Waals surface area contributed by atoms with Gasteiger partial charge in [0.25, 0.3) is 0 Å². The van der Waals surface area contributed by atoms with E-state index in [9.17, 15) is 4.79 Å². The fourth-order valence-electron chi connectivity index (χ4n) is 0.455. The summed E-state index contributed by atoms with van der Waals surface area (Å²) in [4.78, 5) is 11.7. The molecule has 0 spiro atoms. The van der Waals surface area contributed by atoms with Gasteiger partial charge in [0.05, 0.1) is 0 Å². The summed E-state index contributed by atoms with van der Waals surface area (Å²) in [7, 11) is 1.78. The molecule has 0 unspecified atom stereocenters. The third-order valence-electron chi connectivity index (χ3n) is 0.889. The molecule has 0 aromatic heterocycles. The zero-order chi connectivity index (χ0) is 7.98. The molecule has 0 aliphatic carbocycles. The van der Waals surface area contributed by atoms with E-state index < -0.39 is 5.97 Å². The lowest BCUT2D eigenvalue weighted by atomic mass is 10.5. The summed E-state index contributed by atoms with van der Waals surface area (Å²) in [6.45, 7) is 4.16. The van der Waals surface area contributed by atoms with Gasteiger partial charge in [-0.05, 0) is 0 Å². The Morgan fingerprint density at radius 2 is 2.40 bits per heavy atom. The molecule has 0 fully saturated rings. The first-order valence-corrected chi connectivity index (χ1v) is 2.89. The molecule has 0 radical (unpaired) electrons. The number of carboxylic acids is 1. The number of hydrogen-bond donors (Lipinski definition) is 1. The first kappa shape index (κ1) is 8.75. The Labute approximate surface area is 60.3 Å². The van der Waals surface area contributed by atoms with E-state index in [1.54, 1.807) is 18.0 Å². The number of aliphatic carboxylic acids is 1. The van der Waals surface area contributed by atoms with Crippen molar-refractivity contribution < 1.29 is 9.90 Å². The van der Waals surface area contributed by atoms with Crippen LogP contribution in [0, 0.1) is 0 Å². The number of hydrogen-bond acceptors (Lipinski definition) is 2. The van der Waals surface area contributed by atoms with Gasteiger partial charge in [0, 0.05) is 25.9 Å². The molecule has 0 rings (SSSR count). The van der Waals surface area contributed by atoms with Gasteiger partial charge in [-0.2, -0.15) is 0 Å². The van der Waals surface area contributed by atoms with Crippen LogP contribution in [0.4, 0.5) is 0 Å². The second-order valence-electron chi connectivity index (χ2n) is 1.88. The highest BCUT2D eigenvalue weighted by atomic mass is 16.4. The molecule has 0 heterocycles. The van der Waals surface area contributed by atoms with E-state index in [0.29, 0.717) is 6.54 Å². The van der Waals surface area contributed by atoms with Crippen LogP contribution < -0.4 is 0 Å². The Morgan fingerprint density at radius 1 is 1.80 bits per heavy atom. The van der Waals surface area contributed by atoms with Gasteiger partial charge in [0.2, 0.25) is 0 Å². The van der Waals surface area contributed by atoms with Crippen molar-refractivity contribution in [3.05, 3.63) is 24.9 Å². The van der Waals surface area contributed by atoms with Crippen molar-refractivity contribution in [2.75, 3.05) is 13.6 Å². The molecule has 0 aromatic carbocycles. The van der Waals surface area contributed by atoms with Gasteiger partial charge in [-0.1, -0.05) is 6.08 Å². The molecular formula is C7H11NO2. The average molecular weight is 141 g/mol. The maximum Gasteiger partial charge on any atom is 0.329 e. The van der Waals surface area contributed by atoms with Crippen LogP contribution in [0.25, 0.3) is 0 Å². The molecule has 10 heavy (non-hydrogen) atoms. The molecule has 0 saturated carbocycles. The normalized spacial score (nSPS) is 9.70. The van der Waals surface area contributed by atoms with Crippen LogP contribution in [0.2, 0.25) is 0 Å². The number of likely N-dealkylation sites (N-methyl/N-ethyl adjacent to an activating group) is 1. The molecule has 0 saturated heterocycles. The van der Waals surface area contributed by atoms with Crippen molar-refractivity contribution in [3.8, 4) is 0 Å². The zero-order valence-electron chi connectivity index (χ0n) is 5.95. The minimum atomic E-state index is -0.934. The third-order valence-corrected chi connectivity index (χ3v) is 0.889. The van der Waals surface area contributed by atoms with Crippen molar-refractivity contribution in [2.45, 2.75) is 0 Å². The third kappa shape index (κ3) is 4.90. The largest absolute Gasteiger partial charge is 0.478 e. The van der Waals surface area contributed by atoms with Crippen molar-refractivity contribution >= 4 is 5.97 Å². The Hall–Kier alpha value is -1.25. The summed E-state index contributed by atoms with van der Waals surface area (Å²) in [5.74, 6) is -0.934. The molecule has 0 amide bonds. The van der Waals surface area contributed by atoms with Crippen LogP contribution in [0.3, 0.4) is 0 Å². The smallest absolute Gasteiger partial charge is 0.329 e. The maximum atomic E-state index is 9.97. The first-order valence-electron chi connectivity index (χ1n) is 2.89. The first-order chi connectivity index (χ1) is 4.66. The summed E-state index contributed by atoms with van der Waals surface area (Å²) in [5, 5.41) is 8.19. The monoisotopic (exact) mass is 141 g/mol. The van der Waals surface area contributed by atoms with E-state index in [2.05, 4.69) is 6.58 Å². The highest BCUT2D eigenvalue weighted by Crippen LogP contribution is 1.83. The van der Waals surface area contributed by atoms with E-state index in [-0.39, 0.29) is 0 Å². The topological polar surface area (TPSA) is 40.5 Å². The van der Waals surface area contributed by atoms with Gasteiger partial charge < -0.3 is 10.0 Å². The summed E-state index contributed by atoms with van der Waals surface area (Å²) >= 11 is 0. The van der Waals surface area contributed by atoms with E-state index >= 15 is 0 Å². The summed E-state index contributed by atoms with van der Waals surface area (Å²) < 4.78 is 0. The highest BCUT2D eigenvalue weighted by molar-refractivity contribution is 5.79. The van der Waals surface area contributed by atoms with Crippen LogP contribution in [0.15, 0.2) is 24.9 Å². The summed E-state index contributed by atoms with van der Waals surface area (Å²) in [6, 6.07) is 0. The number of carbonyl (C=O) groups is 1. The SMILES string of the molecule is C=CCN(C)/C=C/C(=O)O. The second-order valence-corrected chi connectivity index (χ2v) is 1.88. The van der Waals surface area contributed by atoms with Crippen molar-refractivity contribution in [1.82, 2.24) is 4.90 Å². The van der Waals surface area contributed by atoms with Crippen molar-refractivity contribution in [3.63, 3.8) is 0 Å². The predicted octanol–water partition coefficient (Wildman–Crippen LogP) is 0.702. The minimum absolute atomic E-state index is 0.657. The fraction of sp³-hybridized carbons (Fsp3) is 0.286. The Morgan fingerprint density at radius 3 is 2.80 bits per heavy atom. The molecule has 0 atom stereocenters. The molecular weight excluding hydrogens is 130 g/mol. The second kappa shape index (κ2) is 4.61. The van der Waals surface area contributed by atoms with Gasteiger partial charge in [0.1, 0.15) is 0 Å². The van der Waals surface area contributed by atoms with E-state index in [1.165, 1.54) is 6.20 Å². The van der Waals surface area contributed by atoms with Gasteiger partial charge in [-0.25, -0.2) is 4.79 Å². The Kier molecular flexibility index (Phi) is 4.04. The van der Waals surface area contributed by atoms with Crippen LogP contribution in [-0.2, 0) is 4.79 Å². The number of rotatable bonds is 4. The van der Waals surface area contributed by atoms with Crippen LogP contribution >= 0.6 is 0 Å². The summed E-state index contributed by atoms with van der Waals surface area (Å²) in [6.07, 6.45) is 4.28. The average Bonchev–Trinajstić information content (AvgIpc) is 1.85. The zero-order valence-corrected chi connectivity index (χ0v) is 5.95. The van der Waals surface area contributed by atoms with Crippen LogP contribution in [0.5, 0.6) is 0 Å². The van der Waals surface area contributed by atoms with E-state index in [4.69, 9.17) is 5.11 Å². The Bertz CT molecular complexity index is 152. The van der Waals surface area contributed by atoms with E-state index in [0.717, 1.165) is 6.08 Å². The molecule has 0 aliphatic heterocycles. The van der Waals surface area contributed by atoms with Gasteiger partial charge in [-0.3, -0.25) is 0 Å². The standard InChI is InChI=1S/C7H11NO2/c1-3-5-8(2)6-4-7(9)10/h3-4,6H,1,5H2,2H3,(H,9,10)/b6-4+. The van der Waals surface area contributed by atoms with Crippen molar-refractivity contribution in [2.24, 2.45) is 0 Å². The lowest BCUT2D eigenvalue weighted by Crippen LogP contribution is -2.10. The summed E-state index contributed by atoms with van der Waals surface area (Å²) in [5.41, 5.74) is 0. The molecule has 3 nitrogen and oxygen atoms in total. The van der Waals surface area contributed by atoms with Gasteiger partial charge in [-0.15, -0.1) is 6.58 Å². The Balaban J connectivity index is 3.65. The molecule has 0 bridgehead atoms. The maximum absolute atomic E-state index is 9.97. The molecule has 0 aromatic rings. The van der Waals surface area contributed by atoms with Gasteiger partial charge >= 0.3 is 5.97 Å². The van der Waals surface area contributed by atoms with Crippen LogP contribution in [-0.4, -0.2) is 29.6 Å². The molecule has 3 heteroatoms. The minimum Gasteiger partial charge on any atom is -0.478 e. The van der Waals surface area contributed by atoms with Crippen LogP contribution in [0.1, 0.15) is 0 Å². The highest BCUT2D eigenvalue weighted by Gasteiger charge is 1.87. The molecule has 56 valence electrons. The lowest BCUT2D eigenvalue weighted by Gasteiger charge is -2.08. The fourth-order valence-corrected chi connectivity index (χ4v) is 0.455. The predicted molar refractivity (Wildman–Crippen MR) is 39.6 cm³/mol. The van der Waals surface area contributed by atoms with Crippen molar-refractivity contribution in [1.29, 1.82) is 0 Å².